The highest BCUT2D eigenvalue weighted by Crippen LogP contribution is 2.23. The molecule has 1 aliphatic rings. The third-order valence-corrected chi connectivity index (χ3v) is 5.03. The second-order valence-electron chi connectivity index (χ2n) is 6.79. The van der Waals surface area contributed by atoms with Crippen LogP contribution in [0.2, 0.25) is 0 Å². The zero-order chi connectivity index (χ0) is 17.8. The maximum Gasteiger partial charge on any atom is 0.223 e. The van der Waals surface area contributed by atoms with E-state index in [1.54, 1.807) is 0 Å². The summed E-state index contributed by atoms with van der Waals surface area (Å²) in [5.41, 5.74) is 2.35. The van der Waals surface area contributed by atoms with Crippen molar-refractivity contribution in [3.8, 4) is 0 Å². The van der Waals surface area contributed by atoms with E-state index in [2.05, 4.69) is 48.5 Å². The Morgan fingerprint density at radius 2 is 1.73 bits per heavy atom. The monoisotopic (exact) mass is 345 g/mol. The highest BCUT2D eigenvalue weighted by Gasteiger charge is 2.24. The molecule has 3 aromatic rings. The summed E-state index contributed by atoms with van der Waals surface area (Å²) in [5.74, 6) is 0.211. The fourth-order valence-electron chi connectivity index (χ4n) is 3.55. The van der Waals surface area contributed by atoms with Gasteiger partial charge in [0.25, 0.3) is 0 Å². The van der Waals surface area contributed by atoms with E-state index < -0.39 is 0 Å². The number of hydrogen-bond acceptors (Lipinski definition) is 2. The predicted octanol–water partition coefficient (Wildman–Crippen LogP) is 4.37. The minimum atomic E-state index is -0.0189. The molecule has 1 fully saturated rings. The first-order valence-electron chi connectivity index (χ1n) is 9.21. The van der Waals surface area contributed by atoms with Crippen LogP contribution in [0.5, 0.6) is 0 Å². The van der Waals surface area contributed by atoms with Gasteiger partial charge in [-0.1, -0.05) is 72.8 Å². The van der Waals surface area contributed by atoms with Crippen LogP contribution in [0.25, 0.3) is 10.8 Å². The Bertz CT molecular complexity index is 891. The summed E-state index contributed by atoms with van der Waals surface area (Å²) in [4.78, 5) is 14.6. The molecule has 3 aromatic carbocycles. The molecule has 1 saturated heterocycles. The molecule has 0 saturated carbocycles. The van der Waals surface area contributed by atoms with Gasteiger partial charge >= 0.3 is 0 Å². The van der Waals surface area contributed by atoms with Crippen molar-refractivity contribution in [1.29, 1.82) is 0 Å². The first-order valence-corrected chi connectivity index (χ1v) is 9.21. The molecular formula is C23H23NO2. The summed E-state index contributed by atoms with van der Waals surface area (Å²) in [6.45, 7) is 1.92. The van der Waals surface area contributed by atoms with Gasteiger partial charge in [-0.05, 0) is 28.3 Å². The van der Waals surface area contributed by atoms with E-state index in [4.69, 9.17) is 4.74 Å². The Labute approximate surface area is 154 Å². The number of ether oxygens (including phenoxy) is 1. The van der Waals surface area contributed by atoms with Gasteiger partial charge in [0.05, 0.1) is 13.2 Å². The van der Waals surface area contributed by atoms with Crippen LogP contribution in [0.3, 0.4) is 0 Å². The van der Waals surface area contributed by atoms with Crippen molar-refractivity contribution in [2.24, 2.45) is 0 Å². The van der Waals surface area contributed by atoms with Crippen LogP contribution >= 0.6 is 0 Å². The molecule has 26 heavy (non-hydrogen) atoms. The van der Waals surface area contributed by atoms with Crippen LogP contribution in [0.15, 0.2) is 72.8 Å². The second-order valence-corrected chi connectivity index (χ2v) is 6.79. The van der Waals surface area contributed by atoms with E-state index in [0.29, 0.717) is 26.1 Å². The van der Waals surface area contributed by atoms with Crippen LogP contribution in [-0.2, 0) is 16.0 Å². The SMILES string of the molecule is O=C(CCc1ccc2ccccc2c1)N1CCO[C@H](c2ccccc2)C1. The Morgan fingerprint density at radius 3 is 2.58 bits per heavy atom. The van der Waals surface area contributed by atoms with E-state index >= 15 is 0 Å². The van der Waals surface area contributed by atoms with Crippen LogP contribution in [0.4, 0.5) is 0 Å². The third-order valence-electron chi connectivity index (χ3n) is 5.03. The molecule has 0 unspecified atom stereocenters. The van der Waals surface area contributed by atoms with Crippen LogP contribution in [0, 0.1) is 0 Å². The number of nitrogens with zero attached hydrogens (tertiary/aromatic N) is 1. The third kappa shape index (κ3) is 3.78. The standard InChI is InChI=1S/C23H23NO2/c25-23(13-11-18-10-12-19-6-4-5-9-21(19)16-18)24-14-15-26-22(17-24)20-7-2-1-3-8-20/h1-10,12,16,22H,11,13-15,17H2/t22-/m0/s1. The fourth-order valence-corrected chi connectivity index (χ4v) is 3.55. The summed E-state index contributed by atoms with van der Waals surface area (Å²) < 4.78 is 5.86. The van der Waals surface area contributed by atoms with Crippen molar-refractivity contribution in [3.63, 3.8) is 0 Å². The summed E-state index contributed by atoms with van der Waals surface area (Å²) in [7, 11) is 0. The lowest BCUT2D eigenvalue weighted by Crippen LogP contribution is -2.42. The van der Waals surface area contributed by atoms with E-state index in [0.717, 1.165) is 12.0 Å². The normalized spacial score (nSPS) is 17.4. The molecule has 0 bridgehead atoms. The molecule has 1 atom stereocenters. The predicted molar refractivity (Wildman–Crippen MR) is 104 cm³/mol. The first kappa shape index (κ1) is 16.8. The van der Waals surface area contributed by atoms with E-state index in [1.807, 2.05) is 29.2 Å². The number of carbonyl (C=O) groups is 1. The molecule has 132 valence electrons. The van der Waals surface area contributed by atoms with Gasteiger partial charge in [-0.25, -0.2) is 0 Å². The van der Waals surface area contributed by atoms with Crippen molar-refractivity contribution >= 4 is 16.7 Å². The average molecular weight is 345 g/mol. The largest absolute Gasteiger partial charge is 0.370 e. The Hall–Kier alpha value is -2.65. The van der Waals surface area contributed by atoms with Gasteiger partial charge in [-0.3, -0.25) is 4.79 Å². The number of hydrogen-bond donors (Lipinski definition) is 0. The summed E-state index contributed by atoms with van der Waals surface area (Å²) in [5, 5.41) is 2.47. The zero-order valence-electron chi connectivity index (χ0n) is 14.8. The van der Waals surface area contributed by atoms with Crippen molar-refractivity contribution in [2.75, 3.05) is 19.7 Å². The second kappa shape index (κ2) is 7.71. The molecule has 0 aliphatic carbocycles. The lowest BCUT2D eigenvalue weighted by Gasteiger charge is -2.33. The Balaban J connectivity index is 1.38. The molecule has 1 amide bonds. The molecule has 0 N–H and O–H groups in total. The summed E-state index contributed by atoms with van der Waals surface area (Å²) in [6, 6.07) is 24.9. The van der Waals surface area contributed by atoms with Crippen LogP contribution in [0.1, 0.15) is 23.7 Å². The molecule has 0 aromatic heterocycles. The fraction of sp³-hybridized carbons (Fsp3) is 0.261. The maximum atomic E-state index is 12.7. The highest BCUT2D eigenvalue weighted by atomic mass is 16.5. The molecule has 3 nitrogen and oxygen atoms in total. The smallest absolute Gasteiger partial charge is 0.223 e. The lowest BCUT2D eigenvalue weighted by atomic mass is 10.0. The van der Waals surface area contributed by atoms with Crippen LogP contribution in [-0.4, -0.2) is 30.5 Å². The van der Waals surface area contributed by atoms with Gasteiger partial charge in [0, 0.05) is 13.0 Å². The molecule has 1 heterocycles. The van der Waals surface area contributed by atoms with E-state index in [9.17, 15) is 4.79 Å². The minimum absolute atomic E-state index is 0.0189. The van der Waals surface area contributed by atoms with E-state index in [-0.39, 0.29) is 12.0 Å². The molecular weight excluding hydrogens is 322 g/mol. The highest BCUT2D eigenvalue weighted by molar-refractivity contribution is 5.83. The average Bonchev–Trinajstić information content (AvgIpc) is 2.72. The molecule has 3 heteroatoms. The number of benzene rings is 3. The molecule has 0 spiro atoms. The van der Waals surface area contributed by atoms with Crippen molar-refractivity contribution < 1.29 is 9.53 Å². The van der Waals surface area contributed by atoms with Gasteiger partial charge < -0.3 is 9.64 Å². The number of amides is 1. The topological polar surface area (TPSA) is 29.5 Å². The summed E-state index contributed by atoms with van der Waals surface area (Å²) in [6.07, 6.45) is 1.30. The zero-order valence-corrected chi connectivity index (χ0v) is 14.8. The van der Waals surface area contributed by atoms with Gasteiger partial charge in [0.2, 0.25) is 5.91 Å². The first-order chi connectivity index (χ1) is 12.8. The van der Waals surface area contributed by atoms with Crippen molar-refractivity contribution in [1.82, 2.24) is 4.90 Å². The Kier molecular flexibility index (Phi) is 4.98. The number of aryl methyl sites for hydroxylation is 1. The maximum absolute atomic E-state index is 12.7. The van der Waals surface area contributed by atoms with Gasteiger partial charge in [-0.15, -0.1) is 0 Å². The molecule has 4 rings (SSSR count). The van der Waals surface area contributed by atoms with Crippen LogP contribution < -0.4 is 0 Å². The molecule has 1 aliphatic heterocycles. The quantitative estimate of drug-likeness (QED) is 0.702. The summed E-state index contributed by atoms with van der Waals surface area (Å²) >= 11 is 0. The number of morpholine rings is 1. The molecule has 0 radical (unpaired) electrons. The Morgan fingerprint density at radius 1 is 0.962 bits per heavy atom. The van der Waals surface area contributed by atoms with Gasteiger partial charge in [-0.2, -0.15) is 0 Å². The lowest BCUT2D eigenvalue weighted by molar-refractivity contribution is -0.139. The number of rotatable bonds is 4. The van der Waals surface area contributed by atoms with Crippen molar-refractivity contribution in [2.45, 2.75) is 18.9 Å². The minimum Gasteiger partial charge on any atom is -0.370 e. The number of fused-ring (bicyclic) bond motifs is 1. The van der Waals surface area contributed by atoms with Crippen molar-refractivity contribution in [3.05, 3.63) is 83.9 Å². The number of carbonyl (C=O) groups excluding carboxylic acids is 1. The van der Waals surface area contributed by atoms with E-state index in [1.165, 1.54) is 16.3 Å². The van der Waals surface area contributed by atoms with Gasteiger partial charge in [0.15, 0.2) is 0 Å². The van der Waals surface area contributed by atoms with Gasteiger partial charge in [0.1, 0.15) is 6.10 Å².